The van der Waals surface area contributed by atoms with E-state index in [4.69, 9.17) is 4.98 Å². The fourth-order valence-corrected chi connectivity index (χ4v) is 7.19. The van der Waals surface area contributed by atoms with E-state index in [1.165, 1.54) is 22.0 Å². The molecule has 0 N–H and O–H groups in total. The van der Waals surface area contributed by atoms with Crippen LogP contribution in [0.3, 0.4) is 0 Å². The fraction of sp³-hybridized carbons (Fsp3) is 0.122. The molecule has 47 heavy (non-hydrogen) atoms. The standard InChI is InChI=1S/C41H33N4S.Pt/c1-28-12-5-6-15-33(28)29-22-23-42-40(24-29)45-36-17-8-7-16-34(36)35-21-20-32(26-39(35)45)46-31-14-11-13-30(25-31)43-27-44(41(2,3)4)38-19-10-9-18-37(38)43;/h5-24,27H,1-4H3;/q-1;. The van der Waals surface area contributed by atoms with Crippen LogP contribution in [0.15, 0.2) is 138 Å². The second-order valence-electron chi connectivity index (χ2n) is 12.7. The van der Waals surface area contributed by atoms with E-state index in [1.54, 1.807) is 11.8 Å². The first-order valence-electron chi connectivity index (χ1n) is 15.6. The van der Waals surface area contributed by atoms with Crippen LogP contribution >= 0.6 is 11.8 Å². The van der Waals surface area contributed by atoms with Gasteiger partial charge in [-0.05, 0) is 80.1 Å². The molecule has 0 bridgehead atoms. The topological polar surface area (TPSA) is 27.7 Å². The van der Waals surface area contributed by atoms with E-state index in [0.29, 0.717) is 0 Å². The van der Waals surface area contributed by atoms with Gasteiger partial charge in [0.15, 0.2) is 17.4 Å². The molecule has 234 valence electrons. The molecule has 4 nitrogen and oxygen atoms in total. The van der Waals surface area contributed by atoms with Crippen molar-refractivity contribution in [3.63, 3.8) is 0 Å². The molecule has 0 aliphatic carbocycles. The van der Waals surface area contributed by atoms with Gasteiger partial charge in [0.1, 0.15) is 5.82 Å². The van der Waals surface area contributed by atoms with Gasteiger partial charge in [-0.15, -0.1) is 34.2 Å². The minimum absolute atomic E-state index is 0. The summed E-state index contributed by atoms with van der Waals surface area (Å²) in [7, 11) is 0. The zero-order valence-electron chi connectivity index (χ0n) is 26.6. The van der Waals surface area contributed by atoms with Gasteiger partial charge >= 0.3 is 0 Å². The molecule has 3 heterocycles. The number of rotatable bonds is 5. The molecule has 6 heteroatoms. The third-order valence-corrected chi connectivity index (χ3v) is 9.49. The predicted octanol–water partition coefficient (Wildman–Crippen LogP) is 10.7. The molecule has 0 saturated carbocycles. The van der Waals surface area contributed by atoms with Crippen LogP contribution in [0.5, 0.6) is 0 Å². The van der Waals surface area contributed by atoms with Crippen molar-refractivity contribution in [3.8, 4) is 22.6 Å². The number of pyridine rings is 1. The molecule has 0 fully saturated rings. The number of imidazole rings is 1. The van der Waals surface area contributed by atoms with E-state index in [1.807, 2.05) is 6.20 Å². The maximum absolute atomic E-state index is 4.87. The van der Waals surface area contributed by atoms with Gasteiger partial charge in [-0.3, -0.25) is 0 Å². The Balaban J connectivity index is 0.00000351. The molecular formula is C41H33N4PtS-. The minimum Gasteiger partial charge on any atom is -0.319 e. The minimum atomic E-state index is -0.0473. The van der Waals surface area contributed by atoms with Gasteiger partial charge in [0, 0.05) is 50.6 Å². The summed E-state index contributed by atoms with van der Waals surface area (Å²) in [5.41, 5.74) is 9.06. The van der Waals surface area contributed by atoms with E-state index < -0.39 is 0 Å². The second-order valence-corrected chi connectivity index (χ2v) is 13.8. The number of nitrogens with zero attached hydrogens (tertiary/aromatic N) is 4. The zero-order valence-corrected chi connectivity index (χ0v) is 29.7. The maximum Gasteiger partial charge on any atom is 0.188 e. The molecule has 0 aliphatic heterocycles. The van der Waals surface area contributed by atoms with Gasteiger partial charge in [0.05, 0.1) is 5.54 Å². The van der Waals surface area contributed by atoms with Crippen LogP contribution in [-0.2, 0) is 26.6 Å². The van der Waals surface area contributed by atoms with Gasteiger partial charge in [0.2, 0.25) is 0 Å². The Morgan fingerprint density at radius 2 is 1.43 bits per heavy atom. The van der Waals surface area contributed by atoms with Crippen LogP contribution in [0, 0.1) is 19.1 Å². The SMILES string of the molecule is Cc1ccccc1-c1ccnc(-n2c3[c-]c(Sc4[c-]c(-n5[cH+]n(C(C)(C)C)c6ccccc65)ccc4)ccc3c3ccccc32)c1.[Pt]. The van der Waals surface area contributed by atoms with Crippen molar-refractivity contribution < 1.29 is 21.1 Å². The molecule has 0 aliphatic rings. The largest absolute Gasteiger partial charge is 0.319 e. The van der Waals surface area contributed by atoms with Crippen molar-refractivity contribution in [1.29, 1.82) is 0 Å². The summed E-state index contributed by atoms with van der Waals surface area (Å²) in [6, 6.07) is 48.1. The Kier molecular flexibility index (Phi) is 8.16. The molecule has 0 unspecified atom stereocenters. The predicted molar refractivity (Wildman–Crippen MR) is 191 cm³/mol. The number of benzene rings is 5. The van der Waals surface area contributed by atoms with Crippen LogP contribution in [-0.4, -0.2) is 18.7 Å². The van der Waals surface area contributed by atoms with Gasteiger partial charge < -0.3 is 4.57 Å². The summed E-state index contributed by atoms with van der Waals surface area (Å²) in [6.07, 6.45) is 4.10. The van der Waals surface area contributed by atoms with Crippen molar-refractivity contribution in [2.24, 2.45) is 0 Å². The Labute approximate surface area is 294 Å². The van der Waals surface area contributed by atoms with Crippen LogP contribution in [0.2, 0.25) is 0 Å². The zero-order chi connectivity index (χ0) is 31.4. The monoisotopic (exact) mass is 808 g/mol. The van der Waals surface area contributed by atoms with E-state index in [0.717, 1.165) is 48.8 Å². The fourth-order valence-electron chi connectivity index (χ4n) is 6.37. The Bertz CT molecular complexity index is 2410. The van der Waals surface area contributed by atoms with E-state index >= 15 is 0 Å². The second kappa shape index (κ2) is 12.3. The molecule has 0 radical (unpaired) electrons. The summed E-state index contributed by atoms with van der Waals surface area (Å²) in [5, 5.41) is 2.35. The van der Waals surface area contributed by atoms with Gasteiger partial charge in [-0.25, -0.2) is 14.1 Å². The molecule has 0 amide bonds. The average molecular weight is 809 g/mol. The molecule has 0 saturated heterocycles. The van der Waals surface area contributed by atoms with Crippen molar-refractivity contribution in [2.75, 3.05) is 0 Å². The van der Waals surface area contributed by atoms with Crippen LogP contribution in [0.4, 0.5) is 0 Å². The molecule has 0 atom stereocenters. The van der Waals surface area contributed by atoms with E-state index in [2.05, 4.69) is 175 Å². The van der Waals surface area contributed by atoms with Crippen LogP contribution in [0.25, 0.3) is 55.5 Å². The Hall–Kier alpha value is -4.44. The molecule has 8 aromatic rings. The number of para-hydroxylation sites is 3. The first kappa shape index (κ1) is 31.2. The Morgan fingerprint density at radius 3 is 2.23 bits per heavy atom. The first-order chi connectivity index (χ1) is 22.3. The summed E-state index contributed by atoms with van der Waals surface area (Å²) < 4.78 is 6.81. The number of aryl methyl sites for hydroxylation is 1. The molecule has 3 aromatic heterocycles. The first-order valence-corrected chi connectivity index (χ1v) is 16.4. The van der Waals surface area contributed by atoms with Crippen LogP contribution < -0.4 is 0 Å². The van der Waals surface area contributed by atoms with Crippen molar-refractivity contribution >= 4 is 44.6 Å². The molecule has 8 rings (SSSR count). The molecule has 5 aromatic carbocycles. The summed E-state index contributed by atoms with van der Waals surface area (Å²) in [6.45, 7) is 8.86. The summed E-state index contributed by atoms with van der Waals surface area (Å²) in [5.74, 6) is 0.880. The normalized spacial score (nSPS) is 11.7. The molecule has 0 spiro atoms. The van der Waals surface area contributed by atoms with Crippen molar-refractivity contribution in [1.82, 2.24) is 18.7 Å². The third kappa shape index (κ3) is 5.62. The molecular weight excluding hydrogens is 776 g/mol. The average Bonchev–Trinajstić information content (AvgIpc) is 3.62. The van der Waals surface area contributed by atoms with Gasteiger partial charge in [0.25, 0.3) is 0 Å². The number of aromatic nitrogens is 4. The van der Waals surface area contributed by atoms with Gasteiger partial charge in [-0.2, -0.15) is 24.3 Å². The summed E-state index contributed by atoms with van der Waals surface area (Å²) in [4.78, 5) is 6.93. The van der Waals surface area contributed by atoms with E-state index in [-0.39, 0.29) is 26.6 Å². The van der Waals surface area contributed by atoms with Gasteiger partial charge in [-0.1, -0.05) is 58.9 Å². The third-order valence-electron chi connectivity index (χ3n) is 8.57. The number of hydrogen-bond acceptors (Lipinski definition) is 2. The number of hydrogen-bond donors (Lipinski definition) is 0. The van der Waals surface area contributed by atoms with Crippen molar-refractivity contribution in [3.05, 3.63) is 145 Å². The van der Waals surface area contributed by atoms with Crippen LogP contribution in [0.1, 0.15) is 26.3 Å². The smallest absolute Gasteiger partial charge is 0.188 e. The van der Waals surface area contributed by atoms with Crippen molar-refractivity contribution in [2.45, 2.75) is 43.0 Å². The Morgan fingerprint density at radius 1 is 0.702 bits per heavy atom. The quantitative estimate of drug-likeness (QED) is 0.162. The maximum atomic E-state index is 4.87. The number of fused-ring (bicyclic) bond motifs is 4. The summed E-state index contributed by atoms with van der Waals surface area (Å²) >= 11 is 1.68. The van der Waals surface area contributed by atoms with E-state index in [9.17, 15) is 0 Å².